The summed E-state index contributed by atoms with van der Waals surface area (Å²) in [5.74, 6) is -0.296. The second-order valence-electron chi connectivity index (χ2n) is 4.98. The van der Waals surface area contributed by atoms with E-state index in [1.165, 1.54) is 6.42 Å². The van der Waals surface area contributed by atoms with E-state index in [9.17, 15) is 9.59 Å². The number of aryl methyl sites for hydroxylation is 1. The van der Waals surface area contributed by atoms with Crippen molar-refractivity contribution in [3.8, 4) is 0 Å². The minimum absolute atomic E-state index is 0.0612. The minimum Gasteiger partial charge on any atom is -0.342 e. The number of nitrogens with zero attached hydrogens (tertiary/aromatic N) is 1. The molecule has 1 N–H and O–H groups in total. The summed E-state index contributed by atoms with van der Waals surface area (Å²) >= 11 is 0. The van der Waals surface area contributed by atoms with E-state index in [0.717, 1.165) is 37.2 Å². The summed E-state index contributed by atoms with van der Waals surface area (Å²) < 4.78 is 0. The fourth-order valence-corrected chi connectivity index (χ4v) is 2.30. The van der Waals surface area contributed by atoms with E-state index in [2.05, 4.69) is 5.32 Å². The van der Waals surface area contributed by atoms with E-state index in [0.29, 0.717) is 0 Å². The summed E-state index contributed by atoms with van der Waals surface area (Å²) in [6.45, 7) is 3.51. The molecule has 0 spiro atoms. The van der Waals surface area contributed by atoms with Crippen molar-refractivity contribution >= 4 is 17.5 Å². The summed E-state index contributed by atoms with van der Waals surface area (Å²) in [5, 5.41) is 2.79. The molecular weight excluding hydrogens is 240 g/mol. The lowest BCUT2D eigenvalue weighted by Crippen LogP contribution is -2.37. The summed E-state index contributed by atoms with van der Waals surface area (Å²) in [6, 6.07) is 7.57. The predicted molar refractivity (Wildman–Crippen MR) is 74.9 cm³/mol. The van der Waals surface area contributed by atoms with E-state index in [1.807, 2.05) is 31.2 Å². The van der Waals surface area contributed by atoms with E-state index in [1.54, 1.807) is 4.90 Å². The Labute approximate surface area is 113 Å². The first kappa shape index (κ1) is 13.6. The molecule has 1 aromatic carbocycles. The van der Waals surface area contributed by atoms with Crippen LogP contribution in [0.3, 0.4) is 0 Å². The third-order valence-electron chi connectivity index (χ3n) is 3.44. The van der Waals surface area contributed by atoms with Crippen molar-refractivity contribution in [3.63, 3.8) is 0 Å². The topological polar surface area (TPSA) is 49.4 Å². The zero-order chi connectivity index (χ0) is 13.7. The van der Waals surface area contributed by atoms with Gasteiger partial charge in [0, 0.05) is 18.8 Å². The van der Waals surface area contributed by atoms with Crippen molar-refractivity contribution in [1.82, 2.24) is 4.90 Å². The summed E-state index contributed by atoms with van der Waals surface area (Å²) in [4.78, 5) is 25.6. The van der Waals surface area contributed by atoms with Crippen LogP contribution >= 0.6 is 0 Å². The Morgan fingerprint density at radius 2 is 1.84 bits per heavy atom. The van der Waals surface area contributed by atoms with Gasteiger partial charge in [0.2, 0.25) is 11.8 Å². The molecule has 19 heavy (non-hydrogen) atoms. The standard InChI is InChI=1S/C15H20N2O2/c1-12-7-3-4-8-13(12)16-14(18)11-15(19)17-9-5-2-6-10-17/h3-4,7-8H,2,5-6,9-11H2,1H3,(H,16,18). The Morgan fingerprint density at radius 3 is 2.53 bits per heavy atom. The van der Waals surface area contributed by atoms with Gasteiger partial charge < -0.3 is 10.2 Å². The maximum atomic E-state index is 11.9. The molecular formula is C15H20N2O2. The van der Waals surface area contributed by atoms with Crippen molar-refractivity contribution < 1.29 is 9.59 Å². The average Bonchev–Trinajstić information content (AvgIpc) is 2.42. The normalized spacial score (nSPS) is 15.1. The second-order valence-corrected chi connectivity index (χ2v) is 4.98. The first-order valence-electron chi connectivity index (χ1n) is 6.80. The zero-order valence-corrected chi connectivity index (χ0v) is 11.3. The van der Waals surface area contributed by atoms with Gasteiger partial charge in [-0.1, -0.05) is 18.2 Å². The molecule has 2 amide bonds. The monoisotopic (exact) mass is 260 g/mol. The number of rotatable bonds is 3. The zero-order valence-electron chi connectivity index (χ0n) is 11.3. The van der Waals surface area contributed by atoms with Gasteiger partial charge in [0.15, 0.2) is 0 Å². The van der Waals surface area contributed by atoms with Gasteiger partial charge in [-0.25, -0.2) is 0 Å². The lowest BCUT2D eigenvalue weighted by atomic mass is 10.1. The number of nitrogens with one attached hydrogen (secondary N) is 1. The largest absolute Gasteiger partial charge is 0.342 e. The van der Waals surface area contributed by atoms with Crippen LogP contribution in [0.5, 0.6) is 0 Å². The number of hydrogen-bond donors (Lipinski definition) is 1. The number of piperidine rings is 1. The summed E-state index contributed by atoms with van der Waals surface area (Å²) in [5.41, 5.74) is 1.78. The van der Waals surface area contributed by atoms with Gasteiger partial charge >= 0.3 is 0 Å². The highest BCUT2D eigenvalue weighted by Gasteiger charge is 2.19. The molecule has 0 aliphatic carbocycles. The third-order valence-corrected chi connectivity index (χ3v) is 3.44. The SMILES string of the molecule is Cc1ccccc1NC(=O)CC(=O)N1CCCCC1. The molecule has 4 nitrogen and oxygen atoms in total. The molecule has 0 aromatic heterocycles. The first-order valence-corrected chi connectivity index (χ1v) is 6.80. The number of amides is 2. The van der Waals surface area contributed by atoms with Crippen LogP contribution in [0.4, 0.5) is 5.69 Å². The molecule has 1 saturated heterocycles. The Kier molecular flexibility index (Phi) is 4.55. The van der Waals surface area contributed by atoms with Crippen LogP contribution in [0.15, 0.2) is 24.3 Å². The predicted octanol–water partition coefficient (Wildman–Crippen LogP) is 2.34. The molecule has 102 valence electrons. The molecule has 0 unspecified atom stereocenters. The Bertz CT molecular complexity index is 465. The van der Waals surface area contributed by atoms with Crippen LogP contribution in [-0.2, 0) is 9.59 Å². The van der Waals surface area contributed by atoms with Gasteiger partial charge in [-0.15, -0.1) is 0 Å². The fourth-order valence-electron chi connectivity index (χ4n) is 2.30. The van der Waals surface area contributed by atoms with Crippen LogP contribution in [0, 0.1) is 6.92 Å². The number of anilines is 1. The van der Waals surface area contributed by atoms with Gasteiger partial charge in [0.1, 0.15) is 6.42 Å². The van der Waals surface area contributed by atoms with Gasteiger partial charge in [-0.05, 0) is 37.8 Å². The molecule has 4 heteroatoms. The first-order chi connectivity index (χ1) is 9.16. The van der Waals surface area contributed by atoms with Crippen LogP contribution in [0.25, 0.3) is 0 Å². The molecule has 1 aliphatic heterocycles. The highest BCUT2D eigenvalue weighted by atomic mass is 16.2. The maximum absolute atomic E-state index is 11.9. The van der Waals surface area contributed by atoms with Crippen molar-refractivity contribution in [2.45, 2.75) is 32.6 Å². The Balaban J connectivity index is 1.87. The number of hydrogen-bond acceptors (Lipinski definition) is 2. The van der Waals surface area contributed by atoms with E-state index in [-0.39, 0.29) is 18.2 Å². The Morgan fingerprint density at radius 1 is 1.16 bits per heavy atom. The number of benzene rings is 1. The van der Waals surface area contributed by atoms with Crippen LogP contribution in [0.2, 0.25) is 0 Å². The minimum atomic E-state index is -0.232. The molecule has 0 bridgehead atoms. The maximum Gasteiger partial charge on any atom is 0.233 e. The number of para-hydroxylation sites is 1. The van der Waals surface area contributed by atoms with Crippen molar-refractivity contribution in [3.05, 3.63) is 29.8 Å². The Hall–Kier alpha value is -1.84. The van der Waals surface area contributed by atoms with Crippen LogP contribution in [0.1, 0.15) is 31.2 Å². The molecule has 1 aromatic rings. The van der Waals surface area contributed by atoms with Gasteiger partial charge in [0.05, 0.1) is 0 Å². The molecule has 1 heterocycles. The van der Waals surface area contributed by atoms with Crippen molar-refractivity contribution in [1.29, 1.82) is 0 Å². The van der Waals surface area contributed by atoms with E-state index in [4.69, 9.17) is 0 Å². The van der Waals surface area contributed by atoms with E-state index < -0.39 is 0 Å². The fraction of sp³-hybridized carbons (Fsp3) is 0.467. The lowest BCUT2D eigenvalue weighted by Gasteiger charge is -2.26. The smallest absolute Gasteiger partial charge is 0.233 e. The molecule has 1 aliphatic rings. The second kappa shape index (κ2) is 6.36. The summed E-state index contributed by atoms with van der Waals surface area (Å²) in [6.07, 6.45) is 3.21. The van der Waals surface area contributed by atoms with Gasteiger partial charge in [-0.2, -0.15) is 0 Å². The average molecular weight is 260 g/mol. The molecule has 2 rings (SSSR count). The molecule has 0 saturated carbocycles. The molecule has 1 fully saturated rings. The van der Waals surface area contributed by atoms with Crippen LogP contribution < -0.4 is 5.32 Å². The molecule has 0 radical (unpaired) electrons. The van der Waals surface area contributed by atoms with Gasteiger partial charge in [-0.3, -0.25) is 9.59 Å². The highest BCUT2D eigenvalue weighted by molar-refractivity contribution is 6.03. The quantitative estimate of drug-likeness (QED) is 0.848. The summed E-state index contributed by atoms with van der Waals surface area (Å²) in [7, 11) is 0. The van der Waals surface area contributed by atoms with Crippen molar-refractivity contribution in [2.75, 3.05) is 18.4 Å². The molecule has 0 atom stereocenters. The number of carbonyl (C=O) groups is 2. The highest BCUT2D eigenvalue weighted by Crippen LogP contribution is 2.14. The van der Waals surface area contributed by atoms with Gasteiger partial charge in [0.25, 0.3) is 0 Å². The number of likely N-dealkylation sites (tertiary alicyclic amines) is 1. The van der Waals surface area contributed by atoms with Crippen molar-refractivity contribution in [2.24, 2.45) is 0 Å². The van der Waals surface area contributed by atoms with Crippen LogP contribution in [-0.4, -0.2) is 29.8 Å². The third kappa shape index (κ3) is 3.81. The lowest BCUT2D eigenvalue weighted by molar-refractivity contribution is -0.135. The van der Waals surface area contributed by atoms with E-state index >= 15 is 0 Å². The number of carbonyl (C=O) groups excluding carboxylic acids is 2.